The summed E-state index contributed by atoms with van der Waals surface area (Å²) in [7, 11) is 1.75. The normalized spacial score (nSPS) is 10.4. The molecule has 7 heteroatoms. The fourth-order valence-corrected chi connectivity index (χ4v) is 2.97. The summed E-state index contributed by atoms with van der Waals surface area (Å²) in [5, 5.41) is 4.08. The van der Waals surface area contributed by atoms with Gasteiger partial charge < -0.3 is 9.88 Å². The minimum absolute atomic E-state index is 0.287. The molecular weight excluding hydrogens is 391 g/mol. The zero-order valence-corrected chi connectivity index (χ0v) is 16.0. The number of hydrogen-bond acceptors (Lipinski definition) is 3. The number of anilines is 1. The van der Waals surface area contributed by atoms with Crippen molar-refractivity contribution < 1.29 is 9.18 Å². The fourth-order valence-electron chi connectivity index (χ4n) is 2.84. The maximum Gasteiger partial charge on any atom is 0.272 e. The third kappa shape index (κ3) is 3.96. The second-order valence-electron chi connectivity index (χ2n) is 6.27. The van der Waals surface area contributed by atoms with Gasteiger partial charge in [0.2, 0.25) is 0 Å². The Balaban J connectivity index is 1.68. The number of aromatic nitrogens is 3. The van der Waals surface area contributed by atoms with Gasteiger partial charge >= 0.3 is 0 Å². The van der Waals surface area contributed by atoms with Crippen LogP contribution in [0, 0.1) is 17.7 Å². The van der Waals surface area contributed by atoms with E-state index in [1.807, 2.05) is 0 Å². The van der Waals surface area contributed by atoms with Gasteiger partial charge in [-0.25, -0.2) is 14.4 Å². The van der Waals surface area contributed by atoms with Crippen LogP contribution in [0.5, 0.6) is 0 Å². The van der Waals surface area contributed by atoms with Crippen molar-refractivity contribution >= 4 is 34.2 Å². The predicted molar refractivity (Wildman–Crippen MR) is 110 cm³/mol. The molecule has 0 aliphatic rings. The number of aryl methyl sites for hydroxylation is 1. The lowest BCUT2D eigenvalue weighted by molar-refractivity contribution is 0.101. The van der Waals surface area contributed by atoms with Crippen LogP contribution in [-0.2, 0) is 7.05 Å². The quantitative estimate of drug-likeness (QED) is 0.503. The SMILES string of the molecule is Cn1c(C(=O)Nc2ccc(Cl)cc2)cc2c(C#Cc3ccc(F)cc3)ncnc21. The molecule has 0 saturated heterocycles. The van der Waals surface area contributed by atoms with Crippen molar-refractivity contribution in [1.29, 1.82) is 0 Å². The summed E-state index contributed by atoms with van der Waals surface area (Å²) in [5.41, 5.74) is 2.78. The fraction of sp³-hybridized carbons (Fsp3) is 0.0455. The van der Waals surface area contributed by atoms with Crippen LogP contribution < -0.4 is 5.32 Å². The molecular formula is C22H14ClFN4O. The van der Waals surface area contributed by atoms with Crippen molar-refractivity contribution in [1.82, 2.24) is 14.5 Å². The summed E-state index contributed by atoms with van der Waals surface area (Å²) in [5.74, 6) is 5.32. The predicted octanol–water partition coefficient (Wildman–Crippen LogP) is 4.41. The van der Waals surface area contributed by atoms with Gasteiger partial charge in [0.25, 0.3) is 5.91 Å². The molecule has 0 aliphatic heterocycles. The van der Waals surface area contributed by atoms with E-state index in [4.69, 9.17) is 11.6 Å². The monoisotopic (exact) mass is 404 g/mol. The molecule has 0 fully saturated rings. The van der Waals surface area contributed by atoms with Crippen LogP contribution in [0.4, 0.5) is 10.1 Å². The van der Waals surface area contributed by atoms with Gasteiger partial charge in [-0.15, -0.1) is 0 Å². The standard InChI is InChI=1S/C22H14ClFN4O/c1-28-20(22(29)27-17-9-5-15(23)6-10-17)12-18-19(25-13-26-21(18)28)11-4-14-2-7-16(24)8-3-14/h2-3,5-10,12-13H,1H3,(H,27,29). The van der Waals surface area contributed by atoms with Crippen molar-refractivity contribution in [3.8, 4) is 11.8 Å². The van der Waals surface area contributed by atoms with E-state index in [9.17, 15) is 9.18 Å². The molecule has 142 valence electrons. The van der Waals surface area contributed by atoms with Crippen LogP contribution in [0.1, 0.15) is 21.7 Å². The Morgan fingerprint density at radius 1 is 1.07 bits per heavy atom. The summed E-state index contributed by atoms with van der Waals surface area (Å²) in [6.07, 6.45) is 1.40. The van der Waals surface area contributed by atoms with Crippen molar-refractivity contribution in [2.45, 2.75) is 0 Å². The third-order valence-electron chi connectivity index (χ3n) is 4.33. The largest absolute Gasteiger partial charge is 0.324 e. The molecule has 0 saturated carbocycles. The van der Waals surface area contributed by atoms with Gasteiger partial charge in [-0.1, -0.05) is 17.5 Å². The smallest absolute Gasteiger partial charge is 0.272 e. The van der Waals surface area contributed by atoms with E-state index in [1.165, 1.54) is 18.5 Å². The van der Waals surface area contributed by atoms with Crippen LogP contribution in [0.25, 0.3) is 11.0 Å². The van der Waals surface area contributed by atoms with E-state index in [0.29, 0.717) is 38.7 Å². The molecule has 2 heterocycles. The van der Waals surface area contributed by atoms with Crippen LogP contribution in [0.3, 0.4) is 0 Å². The average molecular weight is 405 g/mol. The highest BCUT2D eigenvalue weighted by atomic mass is 35.5. The number of fused-ring (bicyclic) bond motifs is 1. The molecule has 1 amide bonds. The topological polar surface area (TPSA) is 59.8 Å². The first kappa shape index (κ1) is 18.7. The zero-order valence-electron chi connectivity index (χ0n) is 15.3. The Labute approximate surface area is 171 Å². The van der Waals surface area contributed by atoms with Gasteiger partial charge in [-0.3, -0.25) is 4.79 Å². The van der Waals surface area contributed by atoms with E-state index in [0.717, 1.165) is 0 Å². The number of amides is 1. The molecule has 4 rings (SSSR count). The minimum atomic E-state index is -0.320. The molecule has 0 atom stereocenters. The van der Waals surface area contributed by atoms with Crippen LogP contribution >= 0.6 is 11.6 Å². The Morgan fingerprint density at radius 3 is 2.52 bits per heavy atom. The summed E-state index contributed by atoms with van der Waals surface area (Å²) < 4.78 is 14.7. The molecule has 0 radical (unpaired) electrons. The molecule has 0 aliphatic carbocycles. The lowest BCUT2D eigenvalue weighted by Crippen LogP contribution is -2.15. The molecule has 2 aromatic heterocycles. The number of halogens is 2. The van der Waals surface area contributed by atoms with Crippen LogP contribution in [0.15, 0.2) is 60.9 Å². The molecule has 4 aromatic rings. The first-order chi connectivity index (χ1) is 14.0. The van der Waals surface area contributed by atoms with Gasteiger partial charge in [0, 0.05) is 23.3 Å². The molecule has 29 heavy (non-hydrogen) atoms. The summed E-state index contributed by atoms with van der Waals surface area (Å²) in [4.78, 5) is 21.2. The van der Waals surface area contributed by atoms with E-state index in [-0.39, 0.29) is 11.7 Å². The first-order valence-corrected chi connectivity index (χ1v) is 9.04. The Morgan fingerprint density at radius 2 is 1.79 bits per heavy atom. The molecule has 0 unspecified atom stereocenters. The molecule has 0 bridgehead atoms. The second-order valence-corrected chi connectivity index (χ2v) is 6.70. The molecule has 1 N–H and O–H groups in total. The van der Waals surface area contributed by atoms with Gasteiger partial charge in [-0.2, -0.15) is 0 Å². The number of hydrogen-bond donors (Lipinski definition) is 1. The number of nitrogens with one attached hydrogen (secondary N) is 1. The third-order valence-corrected chi connectivity index (χ3v) is 4.58. The van der Waals surface area contributed by atoms with E-state index in [1.54, 1.807) is 54.1 Å². The summed E-state index contributed by atoms with van der Waals surface area (Å²) in [6.45, 7) is 0. The Kier molecular flexibility index (Phi) is 4.98. The second kappa shape index (κ2) is 7.74. The zero-order chi connectivity index (χ0) is 20.4. The summed E-state index contributed by atoms with van der Waals surface area (Å²) in [6, 6.07) is 14.4. The van der Waals surface area contributed by atoms with Crippen molar-refractivity contribution in [3.05, 3.63) is 88.7 Å². The van der Waals surface area contributed by atoms with E-state index in [2.05, 4.69) is 27.1 Å². The summed E-state index contributed by atoms with van der Waals surface area (Å²) >= 11 is 5.88. The van der Waals surface area contributed by atoms with Crippen molar-refractivity contribution in [2.75, 3.05) is 5.32 Å². The lowest BCUT2D eigenvalue weighted by Gasteiger charge is -2.06. The Hall–Kier alpha value is -3.69. The maximum atomic E-state index is 13.0. The van der Waals surface area contributed by atoms with Gasteiger partial charge in [0.15, 0.2) is 0 Å². The van der Waals surface area contributed by atoms with E-state index < -0.39 is 0 Å². The van der Waals surface area contributed by atoms with Crippen molar-refractivity contribution in [3.63, 3.8) is 0 Å². The highest BCUT2D eigenvalue weighted by molar-refractivity contribution is 6.30. The average Bonchev–Trinajstić information content (AvgIpc) is 3.07. The number of carbonyl (C=O) groups is 1. The number of benzene rings is 2. The van der Waals surface area contributed by atoms with Crippen LogP contribution in [0.2, 0.25) is 5.02 Å². The van der Waals surface area contributed by atoms with Gasteiger partial charge in [-0.05, 0) is 60.5 Å². The van der Waals surface area contributed by atoms with Gasteiger partial charge in [0.05, 0.1) is 5.39 Å². The molecule has 2 aromatic carbocycles. The molecule has 0 spiro atoms. The molecule has 5 nitrogen and oxygen atoms in total. The van der Waals surface area contributed by atoms with Crippen LogP contribution in [-0.4, -0.2) is 20.4 Å². The highest BCUT2D eigenvalue weighted by Gasteiger charge is 2.16. The van der Waals surface area contributed by atoms with E-state index >= 15 is 0 Å². The highest BCUT2D eigenvalue weighted by Crippen LogP contribution is 2.21. The minimum Gasteiger partial charge on any atom is -0.324 e. The lowest BCUT2D eigenvalue weighted by atomic mass is 10.2. The number of nitrogens with zero attached hydrogens (tertiary/aromatic N) is 3. The first-order valence-electron chi connectivity index (χ1n) is 8.66. The maximum absolute atomic E-state index is 13.0. The number of carbonyl (C=O) groups excluding carboxylic acids is 1. The van der Waals surface area contributed by atoms with Gasteiger partial charge in [0.1, 0.15) is 29.2 Å². The Bertz CT molecular complexity index is 1270. The number of rotatable bonds is 2. The van der Waals surface area contributed by atoms with Crippen molar-refractivity contribution in [2.24, 2.45) is 7.05 Å².